The summed E-state index contributed by atoms with van der Waals surface area (Å²) in [6.07, 6.45) is 0.185. The lowest BCUT2D eigenvalue weighted by Crippen LogP contribution is -2.06. The Morgan fingerprint density at radius 2 is 1.92 bits per heavy atom. The molecule has 3 N–H and O–H groups in total. The van der Waals surface area contributed by atoms with Crippen molar-refractivity contribution in [3.63, 3.8) is 0 Å². The lowest BCUT2D eigenvalue weighted by molar-refractivity contribution is 0.170. The van der Waals surface area contributed by atoms with E-state index in [4.69, 9.17) is 5.73 Å². The number of benzene rings is 1. The van der Waals surface area contributed by atoms with Gasteiger partial charge in [-0.3, -0.25) is 0 Å². The Hall–Kier alpha value is -0.380. The fourth-order valence-corrected chi connectivity index (χ4v) is 1.27. The van der Waals surface area contributed by atoms with Crippen LogP contribution in [0.25, 0.3) is 0 Å². The summed E-state index contributed by atoms with van der Waals surface area (Å²) in [7, 11) is 0. The molecule has 2 nitrogen and oxygen atoms in total. The number of aliphatic hydroxyl groups is 1. The first kappa shape index (κ1) is 9.71. The molecule has 0 saturated heterocycles. The second kappa shape index (κ2) is 4.60. The molecule has 0 aliphatic rings. The molecule has 0 aromatic heterocycles. The minimum Gasteiger partial charge on any atom is -0.388 e. The molecule has 1 aromatic carbocycles. The molecule has 0 fully saturated rings. The van der Waals surface area contributed by atoms with Crippen LogP contribution in [0.1, 0.15) is 18.1 Å². The quantitative estimate of drug-likeness (QED) is 0.832. The first-order valence-corrected chi connectivity index (χ1v) is 4.67. The number of halogens is 1. The highest BCUT2D eigenvalue weighted by Crippen LogP contribution is 2.18. The van der Waals surface area contributed by atoms with E-state index in [-0.39, 0.29) is 0 Å². The van der Waals surface area contributed by atoms with E-state index in [1.807, 2.05) is 24.3 Å². The predicted octanol–water partition coefficient (Wildman–Crippen LogP) is 1.83. The van der Waals surface area contributed by atoms with E-state index < -0.39 is 6.10 Å². The van der Waals surface area contributed by atoms with Crippen molar-refractivity contribution in [2.45, 2.75) is 12.5 Å². The van der Waals surface area contributed by atoms with Crippen LogP contribution in [0.15, 0.2) is 28.7 Å². The Morgan fingerprint density at radius 1 is 1.33 bits per heavy atom. The van der Waals surface area contributed by atoms with Crippen molar-refractivity contribution < 1.29 is 5.11 Å². The molecule has 1 aromatic rings. The van der Waals surface area contributed by atoms with Crippen LogP contribution in [-0.2, 0) is 0 Å². The smallest absolute Gasteiger partial charge is 0.0802 e. The van der Waals surface area contributed by atoms with E-state index in [9.17, 15) is 5.11 Å². The fraction of sp³-hybridized carbons (Fsp3) is 0.333. The van der Waals surface area contributed by atoms with Crippen molar-refractivity contribution in [1.82, 2.24) is 0 Å². The average Bonchev–Trinajstić information content (AvgIpc) is 2.06. The van der Waals surface area contributed by atoms with Gasteiger partial charge in [-0.05, 0) is 30.7 Å². The SMILES string of the molecule is NCC[C@H](O)c1ccc(Br)cc1. The van der Waals surface area contributed by atoms with Gasteiger partial charge in [0.25, 0.3) is 0 Å². The Morgan fingerprint density at radius 3 is 2.42 bits per heavy atom. The molecule has 0 bridgehead atoms. The maximum atomic E-state index is 9.52. The minimum atomic E-state index is -0.428. The molecule has 3 heteroatoms. The molecule has 0 unspecified atom stereocenters. The van der Waals surface area contributed by atoms with E-state index in [0.717, 1.165) is 10.0 Å². The average molecular weight is 230 g/mol. The number of aliphatic hydroxyl groups excluding tert-OH is 1. The van der Waals surface area contributed by atoms with Crippen LogP contribution < -0.4 is 5.73 Å². The molecule has 0 aliphatic carbocycles. The summed E-state index contributed by atoms with van der Waals surface area (Å²) in [6.45, 7) is 0.511. The molecule has 0 spiro atoms. The fourth-order valence-electron chi connectivity index (χ4n) is 1.01. The molecule has 12 heavy (non-hydrogen) atoms. The third-order valence-electron chi connectivity index (χ3n) is 1.69. The second-order valence-corrected chi connectivity index (χ2v) is 3.56. The van der Waals surface area contributed by atoms with Crippen LogP contribution >= 0.6 is 15.9 Å². The zero-order valence-corrected chi connectivity index (χ0v) is 8.29. The second-order valence-electron chi connectivity index (χ2n) is 2.64. The van der Waals surface area contributed by atoms with Gasteiger partial charge in [-0.25, -0.2) is 0 Å². The van der Waals surface area contributed by atoms with Gasteiger partial charge in [0.05, 0.1) is 6.10 Å². The Bertz CT molecular complexity index is 235. The van der Waals surface area contributed by atoms with Gasteiger partial charge in [0.15, 0.2) is 0 Å². The molecule has 1 atom stereocenters. The van der Waals surface area contributed by atoms with Crippen molar-refractivity contribution in [2.24, 2.45) is 5.73 Å². The highest BCUT2D eigenvalue weighted by molar-refractivity contribution is 9.10. The lowest BCUT2D eigenvalue weighted by atomic mass is 10.1. The number of rotatable bonds is 3. The van der Waals surface area contributed by atoms with Crippen molar-refractivity contribution in [2.75, 3.05) is 6.54 Å². The first-order chi connectivity index (χ1) is 5.74. The number of hydrogen-bond acceptors (Lipinski definition) is 2. The molecular weight excluding hydrogens is 218 g/mol. The van der Waals surface area contributed by atoms with Crippen LogP contribution in [0.2, 0.25) is 0 Å². The van der Waals surface area contributed by atoms with Gasteiger partial charge >= 0.3 is 0 Å². The molecule has 0 radical (unpaired) electrons. The van der Waals surface area contributed by atoms with Crippen LogP contribution in [-0.4, -0.2) is 11.7 Å². The van der Waals surface area contributed by atoms with Crippen molar-refractivity contribution in [3.8, 4) is 0 Å². The third kappa shape index (κ3) is 2.59. The van der Waals surface area contributed by atoms with Crippen LogP contribution in [0.5, 0.6) is 0 Å². The third-order valence-corrected chi connectivity index (χ3v) is 2.22. The molecule has 66 valence electrons. The van der Waals surface area contributed by atoms with Gasteiger partial charge < -0.3 is 10.8 Å². The summed E-state index contributed by atoms with van der Waals surface area (Å²) in [4.78, 5) is 0. The van der Waals surface area contributed by atoms with Gasteiger partial charge in [-0.15, -0.1) is 0 Å². The summed E-state index contributed by atoms with van der Waals surface area (Å²) in [6, 6.07) is 7.61. The van der Waals surface area contributed by atoms with Gasteiger partial charge in [-0.1, -0.05) is 28.1 Å². The largest absolute Gasteiger partial charge is 0.388 e. The standard InChI is InChI=1S/C9H12BrNO/c10-8-3-1-7(2-4-8)9(12)5-6-11/h1-4,9,12H,5-6,11H2/t9-/m0/s1. The maximum Gasteiger partial charge on any atom is 0.0802 e. The number of hydrogen-bond donors (Lipinski definition) is 2. The molecular formula is C9H12BrNO. The van der Waals surface area contributed by atoms with Gasteiger partial charge in [0, 0.05) is 4.47 Å². The topological polar surface area (TPSA) is 46.2 Å². The van der Waals surface area contributed by atoms with E-state index in [1.54, 1.807) is 0 Å². The summed E-state index contributed by atoms with van der Waals surface area (Å²) in [5, 5.41) is 9.52. The summed E-state index contributed by atoms with van der Waals surface area (Å²) in [5.74, 6) is 0. The molecule has 0 amide bonds. The number of nitrogens with two attached hydrogens (primary N) is 1. The Labute approximate surface area is 80.5 Å². The first-order valence-electron chi connectivity index (χ1n) is 3.87. The van der Waals surface area contributed by atoms with Gasteiger partial charge in [-0.2, -0.15) is 0 Å². The Kier molecular flexibility index (Phi) is 3.72. The lowest BCUT2D eigenvalue weighted by Gasteiger charge is -2.08. The predicted molar refractivity (Wildman–Crippen MR) is 52.8 cm³/mol. The van der Waals surface area contributed by atoms with Crippen molar-refractivity contribution in [3.05, 3.63) is 34.3 Å². The minimum absolute atomic E-state index is 0.428. The zero-order chi connectivity index (χ0) is 8.97. The van der Waals surface area contributed by atoms with Crippen LogP contribution in [0, 0.1) is 0 Å². The normalized spacial score (nSPS) is 12.9. The van der Waals surface area contributed by atoms with Gasteiger partial charge in [0.2, 0.25) is 0 Å². The van der Waals surface area contributed by atoms with Gasteiger partial charge in [0.1, 0.15) is 0 Å². The highest BCUT2D eigenvalue weighted by atomic mass is 79.9. The molecule has 1 rings (SSSR count). The summed E-state index contributed by atoms with van der Waals surface area (Å²) in [5.41, 5.74) is 6.25. The van der Waals surface area contributed by atoms with E-state index in [1.165, 1.54) is 0 Å². The van der Waals surface area contributed by atoms with Crippen molar-refractivity contribution in [1.29, 1.82) is 0 Å². The zero-order valence-electron chi connectivity index (χ0n) is 6.70. The van der Waals surface area contributed by atoms with Crippen molar-refractivity contribution >= 4 is 15.9 Å². The van der Waals surface area contributed by atoms with Crippen LogP contribution in [0.3, 0.4) is 0 Å². The van der Waals surface area contributed by atoms with E-state index in [2.05, 4.69) is 15.9 Å². The molecule has 0 aliphatic heterocycles. The molecule has 0 heterocycles. The van der Waals surface area contributed by atoms with Crippen LogP contribution in [0.4, 0.5) is 0 Å². The highest BCUT2D eigenvalue weighted by Gasteiger charge is 2.04. The maximum absolute atomic E-state index is 9.52. The Balaban J connectivity index is 2.68. The van der Waals surface area contributed by atoms with E-state index in [0.29, 0.717) is 13.0 Å². The summed E-state index contributed by atoms with van der Waals surface area (Å²) < 4.78 is 1.02. The monoisotopic (exact) mass is 229 g/mol. The molecule has 0 saturated carbocycles. The van der Waals surface area contributed by atoms with E-state index >= 15 is 0 Å². The summed E-state index contributed by atoms with van der Waals surface area (Å²) >= 11 is 3.33.